The fourth-order valence-corrected chi connectivity index (χ4v) is 3.33. The molecule has 0 spiro atoms. The number of likely N-dealkylation sites (N-methyl/N-ethyl adjacent to an activating group) is 1. The van der Waals surface area contributed by atoms with Crippen molar-refractivity contribution in [2.24, 2.45) is 0 Å². The summed E-state index contributed by atoms with van der Waals surface area (Å²) in [6.45, 7) is 3.45. The normalized spacial score (nSPS) is 26.1. The molecule has 0 radical (unpaired) electrons. The predicted octanol–water partition coefficient (Wildman–Crippen LogP) is 1.12. The lowest BCUT2D eigenvalue weighted by Crippen LogP contribution is -2.13. The summed E-state index contributed by atoms with van der Waals surface area (Å²) in [5.41, 5.74) is 0. The van der Waals surface area contributed by atoms with Gasteiger partial charge in [-0.25, -0.2) is 8.42 Å². The minimum atomic E-state index is -3.10. The van der Waals surface area contributed by atoms with E-state index in [1.807, 2.05) is 17.9 Å². The lowest BCUT2D eigenvalue weighted by Gasteiger charge is -2.02. The second kappa shape index (κ2) is 3.37. The van der Waals surface area contributed by atoms with Crippen LogP contribution in [0.2, 0.25) is 0 Å². The van der Waals surface area contributed by atoms with E-state index >= 15 is 0 Å². The number of hydrogen-bond acceptors (Lipinski definition) is 3. The Balaban J connectivity index is 2.27. The zero-order valence-corrected chi connectivity index (χ0v) is 8.87. The summed E-state index contributed by atoms with van der Waals surface area (Å²) in [6, 6.07) is 8.64. The molecule has 0 N–H and O–H groups in total. The average Bonchev–Trinajstić information content (AvgIpc) is 2.98. The standard InChI is InChI=1S/C10H13NO2S/c1-2-11-8-10(11)14(12,13)9-6-4-3-5-7-9/h3-7,10H,2,8H2,1H3. The molecule has 0 saturated carbocycles. The van der Waals surface area contributed by atoms with Gasteiger partial charge in [0.2, 0.25) is 0 Å². The van der Waals surface area contributed by atoms with Gasteiger partial charge in [0.05, 0.1) is 4.90 Å². The maximum atomic E-state index is 11.9. The summed E-state index contributed by atoms with van der Waals surface area (Å²) in [5.74, 6) is 0. The molecule has 2 unspecified atom stereocenters. The molecule has 2 atom stereocenters. The van der Waals surface area contributed by atoms with Crippen molar-refractivity contribution in [2.75, 3.05) is 13.1 Å². The molecule has 14 heavy (non-hydrogen) atoms. The largest absolute Gasteiger partial charge is 0.284 e. The number of benzene rings is 1. The fraction of sp³-hybridized carbons (Fsp3) is 0.400. The Bertz CT molecular complexity index is 413. The van der Waals surface area contributed by atoms with Crippen molar-refractivity contribution in [3.63, 3.8) is 0 Å². The molecule has 1 aliphatic rings. The number of nitrogens with zero attached hydrogens (tertiary/aromatic N) is 1. The first kappa shape index (κ1) is 9.68. The van der Waals surface area contributed by atoms with Crippen LogP contribution < -0.4 is 0 Å². The lowest BCUT2D eigenvalue weighted by molar-refractivity contribution is 0.547. The van der Waals surface area contributed by atoms with Gasteiger partial charge in [0, 0.05) is 6.54 Å². The molecule has 1 fully saturated rings. The summed E-state index contributed by atoms with van der Waals surface area (Å²) in [4.78, 5) is 2.36. The van der Waals surface area contributed by atoms with E-state index in [1.54, 1.807) is 24.3 Å². The molecule has 0 bridgehead atoms. The van der Waals surface area contributed by atoms with Gasteiger partial charge >= 0.3 is 0 Å². The van der Waals surface area contributed by atoms with Crippen molar-refractivity contribution < 1.29 is 8.42 Å². The molecule has 1 saturated heterocycles. The molecule has 1 aliphatic heterocycles. The molecule has 0 aromatic heterocycles. The zero-order chi connectivity index (χ0) is 10.2. The second-order valence-electron chi connectivity index (χ2n) is 3.40. The molecule has 4 heteroatoms. The van der Waals surface area contributed by atoms with Gasteiger partial charge in [0.15, 0.2) is 9.84 Å². The third kappa shape index (κ3) is 1.55. The van der Waals surface area contributed by atoms with Gasteiger partial charge in [-0.05, 0) is 18.7 Å². The van der Waals surface area contributed by atoms with E-state index < -0.39 is 9.84 Å². The lowest BCUT2D eigenvalue weighted by atomic mass is 10.4. The predicted molar refractivity (Wildman–Crippen MR) is 54.7 cm³/mol. The highest BCUT2D eigenvalue weighted by Crippen LogP contribution is 2.28. The molecule has 3 nitrogen and oxygen atoms in total. The Morgan fingerprint density at radius 1 is 1.36 bits per heavy atom. The quantitative estimate of drug-likeness (QED) is 0.703. The van der Waals surface area contributed by atoms with Crippen LogP contribution in [0.25, 0.3) is 0 Å². The van der Waals surface area contributed by atoms with Gasteiger partial charge in [-0.1, -0.05) is 25.1 Å². The van der Waals surface area contributed by atoms with Gasteiger partial charge in [0.25, 0.3) is 0 Å². The van der Waals surface area contributed by atoms with Crippen LogP contribution in [0.15, 0.2) is 35.2 Å². The summed E-state index contributed by atoms with van der Waals surface area (Å²) >= 11 is 0. The van der Waals surface area contributed by atoms with E-state index in [0.29, 0.717) is 11.4 Å². The van der Waals surface area contributed by atoms with Crippen molar-refractivity contribution in [1.82, 2.24) is 4.90 Å². The van der Waals surface area contributed by atoms with Crippen molar-refractivity contribution in [2.45, 2.75) is 17.2 Å². The molecule has 1 aromatic carbocycles. The summed E-state index contributed by atoms with van der Waals surface area (Å²) in [6.07, 6.45) is 0. The van der Waals surface area contributed by atoms with Crippen LogP contribution in [0.5, 0.6) is 0 Å². The van der Waals surface area contributed by atoms with Gasteiger partial charge < -0.3 is 0 Å². The fourth-order valence-electron chi connectivity index (χ4n) is 1.55. The zero-order valence-electron chi connectivity index (χ0n) is 8.05. The molecular weight excluding hydrogens is 198 g/mol. The molecule has 76 valence electrons. The van der Waals surface area contributed by atoms with E-state index in [4.69, 9.17) is 0 Å². The Labute approximate surface area is 84.3 Å². The smallest absolute Gasteiger partial charge is 0.195 e. The molecule has 1 aromatic rings. The molecule has 2 rings (SSSR count). The van der Waals surface area contributed by atoms with Crippen molar-refractivity contribution >= 4 is 9.84 Å². The Morgan fingerprint density at radius 2 is 2.00 bits per heavy atom. The molecule has 0 aliphatic carbocycles. The van der Waals surface area contributed by atoms with Crippen LogP contribution in [-0.2, 0) is 9.84 Å². The first-order chi connectivity index (χ1) is 6.66. The first-order valence-corrected chi connectivity index (χ1v) is 6.24. The van der Waals surface area contributed by atoms with Gasteiger partial charge in [0.1, 0.15) is 5.37 Å². The van der Waals surface area contributed by atoms with Crippen LogP contribution in [-0.4, -0.2) is 31.8 Å². The highest BCUT2D eigenvalue weighted by atomic mass is 32.2. The SMILES string of the molecule is CCN1CC1S(=O)(=O)c1ccccc1. The number of rotatable bonds is 3. The average molecular weight is 211 g/mol. The third-order valence-corrected chi connectivity index (χ3v) is 4.59. The topological polar surface area (TPSA) is 37.1 Å². The molecular formula is C10H13NO2S. The summed E-state index contributed by atoms with van der Waals surface area (Å²) < 4.78 is 23.8. The van der Waals surface area contributed by atoms with E-state index in [2.05, 4.69) is 0 Å². The highest BCUT2D eigenvalue weighted by molar-refractivity contribution is 7.92. The maximum absolute atomic E-state index is 11.9. The minimum absolute atomic E-state index is 0.283. The highest BCUT2D eigenvalue weighted by Gasteiger charge is 2.44. The number of sulfone groups is 1. The van der Waals surface area contributed by atoms with Gasteiger partial charge in [-0.2, -0.15) is 0 Å². The van der Waals surface area contributed by atoms with E-state index in [-0.39, 0.29) is 5.37 Å². The van der Waals surface area contributed by atoms with Crippen molar-refractivity contribution in [3.8, 4) is 0 Å². The van der Waals surface area contributed by atoms with Crippen LogP contribution in [0.3, 0.4) is 0 Å². The number of hydrogen-bond donors (Lipinski definition) is 0. The monoisotopic (exact) mass is 211 g/mol. The first-order valence-electron chi connectivity index (χ1n) is 4.69. The second-order valence-corrected chi connectivity index (χ2v) is 5.51. The summed E-state index contributed by atoms with van der Waals surface area (Å²) in [7, 11) is -3.10. The maximum Gasteiger partial charge on any atom is 0.195 e. The Hall–Kier alpha value is -0.870. The van der Waals surface area contributed by atoms with Crippen LogP contribution >= 0.6 is 0 Å². The molecule has 1 heterocycles. The Morgan fingerprint density at radius 3 is 2.50 bits per heavy atom. The van der Waals surface area contributed by atoms with E-state index in [9.17, 15) is 8.42 Å². The van der Waals surface area contributed by atoms with E-state index in [0.717, 1.165) is 6.54 Å². The third-order valence-electron chi connectivity index (χ3n) is 2.50. The molecule has 0 amide bonds. The van der Waals surface area contributed by atoms with E-state index in [1.165, 1.54) is 0 Å². The van der Waals surface area contributed by atoms with Crippen LogP contribution in [0.4, 0.5) is 0 Å². The van der Waals surface area contributed by atoms with Crippen molar-refractivity contribution in [3.05, 3.63) is 30.3 Å². The van der Waals surface area contributed by atoms with Gasteiger partial charge in [-0.3, -0.25) is 4.90 Å². The van der Waals surface area contributed by atoms with Crippen molar-refractivity contribution in [1.29, 1.82) is 0 Å². The Kier molecular flexibility index (Phi) is 2.33. The van der Waals surface area contributed by atoms with Crippen LogP contribution in [0.1, 0.15) is 6.92 Å². The minimum Gasteiger partial charge on any atom is -0.284 e. The van der Waals surface area contributed by atoms with Crippen LogP contribution in [0, 0.1) is 0 Å². The summed E-state index contributed by atoms with van der Waals surface area (Å²) in [5, 5.41) is -0.283. The van der Waals surface area contributed by atoms with Gasteiger partial charge in [-0.15, -0.1) is 0 Å².